The van der Waals surface area contributed by atoms with Crippen LogP contribution in [-0.4, -0.2) is 43.7 Å². The number of aryl methyl sites for hydroxylation is 4. The number of anilines is 8. The Morgan fingerprint density at radius 3 is 0.588 bits per heavy atom. The van der Waals surface area contributed by atoms with E-state index in [9.17, 15) is 0 Å². The van der Waals surface area contributed by atoms with Crippen molar-refractivity contribution in [3.05, 3.63) is 483 Å². The normalized spacial score (nSPS) is 13.0. The quantitative estimate of drug-likeness (QED) is 0.105. The molecule has 712 valence electrons. The van der Waals surface area contributed by atoms with Crippen molar-refractivity contribution in [1.82, 2.24) is 40.8 Å². The van der Waals surface area contributed by atoms with Crippen molar-refractivity contribution in [3.8, 4) is 0 Å². The number of hydrazone groups is 4. The van der Waals surface area contributed by atoms with E-state index in [2.05, 4.69) is 277 Å². The van der Waals surface area contributed by atoms with Gasteiger partial charge in [-0.25, -0.2) is 0 Å². The van der Waals surface area contributed by atoms with Crippen molar-refractivity contribution in [1.29, 1.82) is 0 Å². The summed E-state index contributed by atoms with van der Waals surface area (Å²) >= 11 is 0. The first-order valence-electron chi connectivity index (χ1n) is 43.9. The van der Waals surface area contributed by atoms with Gasteiger partial charge >= 0.3 is 0 Å². The van der Waals surface area contributed by atoms with Gasteiger partial charge in [-0.05, 0) is 73.2 Å². The van der Waals surface area contributed by atoms with Gasteiger partial charge in [-0.1, -0.05) is 338 Å². The first-order valence-corrected chi connectivity index (χ1v) is 43.9. The summed E-state index contributed by atoms with van der Waals surface area (Å²) in [7, 11) is 0. The van der Waals surface area contributed by atoms with E-state index >= 15 is 0 Å². The number of amidine groups is 4. The van der Waals surface area contributed by atoms with Crippen LogP contribution in [0.5, 0.6) is 0 Å². The van der Waals surface area contributed by atoms with Crippen molar-refractivity contribution in [2.45, 2.75) is 132 Å². The number of hydrogen-bond acceptors (Lipinski definition) is 16. The Kier molecular flexibility index (Phi) is 40.4. The zero-order chi connectivity index (χ0) is 93.0. The van der Waals surface area contributed by atoms with E-state index in [1.807, 2.05) is 329 Å². The van der Waals surface area contributed by atoms with Gasteiger partial charge in [-0.15, -0.1) is 73.7 Å². The molecule has 20 nitrogen and oxygen atoms in total. The van der Waals surface area contributed by atoms with Gasteiger partial charge in [0.05, 0.1) is 0 Å². The molecule has 0 amide bonds. The monoisotopic (exact) mass is 2520 g/mol. The second kappa shape index (κ2) is 51.3. The van der Waals surface area contributed by atoms with Crippen molar-refractivity contribution in [2.75, 3.05) is 39.6 Å². The van der Waals surface area contributed by atoms with Gasteiger partial charge in [-0.2, -0.15) is 117 Å². The molecule has 4 aromatic heterocycles. The summed E-state index contributed by atoms with van der Waals surface area (Å²) in [6, 6.07) is 134. The largest absolute Gasteiger partial charge is 0.579 e. The fourth-order valence-electron chi connectivity index (χ4n) is 13.3. The minimum atomic E-state index is 0. The van der Waals surface area contributed by atoms with Crippen LogP contribution in [0.3, 0.4) is 0 Å². The minimum Gasteiger partial charge on any atom is -0.579 e. The van der Waals surface area contributed by atoms with Crippen LogP contribution in [0.1, 0.15) is 151 Å². The third kappa shape index (κ3) is 30.7. The van der Waals surface area contributed by atoms with Crippen molar-refractivity contribution in [2.24, 2.45) is 20.4 Å². The topological polar surface area (TPSA) is 183 Å². The third-order valence-corrected chi connectivity index (χ3v) is 20.4. The summed E-state index contributed by atoms with van der Waals surface area (Å²) in [5.41, 5.74) is 21.0. The average molecular weight is 2520 g/mol. The fraction of sp³-hybridized carbons (Fsp3) is 0.179. The van der Waals surface area contributed by atoms with Crippen molar-refractivity contribution < 1.29 is 84.3 Å². The van der Waals surface area contributed by atoms with Crippen LogP contribution in [0.25, 0.3) is 0 Å². The minimum absolute atomic E-state index is 0. The number of aromatic nitrogens is 8. The van der Waals surface area contributed by atoms with Crippen LogP contribution in [0.2, 0.25) is 0 Å². The molecule has 0 atom stereocenters. The van der Waals surface area contributed by atoms with Crippen LogP contribution in [0, 0.1) is 78.6 Å². The molecule has 16 aromatic rings. The van der Waals surface area contributed by atoms with E-state index in [1.165, 1.54) is 0 Å². The molecular formula is C112H112N20Pt4-12. The number of nitrogens with zero attached hydrogens (tertiary/aromatic N) is 20. The Bertz CT molecular complexity index is 5510. The predicted molar refractivity (Wildman–Crippen MR) is 540 cm³/mol. The molecule has 0 radical (unpaired) electrons. The van der Waals surface area contributed by atoms with Crippen molar-refractivity contribution >= 4 is 68.8 Å². The molecular weight excluding hydrogens is 2410 g/mol. The number of rotatable bonds is 12. The second-order valence-electron chi connectivity index (χ2n) is 35.3. The molecule has 0 saturated heterocycles. The molecule has 24 heteroatoms. The molecule has 136 heavy (non-hydrogen) atoms. The van der Waals surface area contributed by atoms with E-state index < -0.39 is 0 Å². The van der Waals surface area contributed by atoms with E-state index in [1.54, 1.807) is 0 Å². The van der Waals surface area contributed by atoms with Crippen LogP contribution in [-0.2, 0) is 106 Å². The Labute approximate surface area is 861 Å². The zero-order valence-corrected chi connectivity index (χ0v) is 88.2. The van der Waals surface area contributed by atoms with Gasteiger partial charge in [0.25, 0.3) is 0 Å². The Hall–Kier alpha value is -12.7. The number of hydrogen-bond donors (Lipinski definition) is 0. The Morgan fingerprint density at radius 2 is 0.441 bits per heavy atom. The SMILES string of the molecule is CC(C)(C)c1cc(C(C)(C)C)[n-]n1.CC(C)(C)c1cc(C(C)(C)C)[n-]n1.Cc1cc(C)[n-]n1.Cc1cc(C)[n-]n1.[Pt].[Pt].[Pt].[Pt].[c-]1ccccc1N1[CH-]N(c2ccccc2)C(c2ccccc2)=N1.[c-]1ccccc1N1[CH-]N(c2ccccc2)C(c2ccccc2)=N1.[c-]1ccccc1N1[CH-]N(c2ccccc2)C(c2ccccc2)=N1.[c-]1ccccc1N1[CH-]N(c2ccccc2)C(c2ccccc2)=N1. The first-order chi connectivity index (χ1) is 63.7. The maximum atomic E-state index is 4.78. The molecule has 0 unspecified atom stereocenters. The zero-order valence-electron chi connectivity index (χ0n) is 79.2. The molecule has 12 aromatic carbocycles. The first kappa shape index (κ1) is 107. The molecule has 0 aliphatic carbocycles. The Balaban J connectivity index is 0.000000179. The van der Waals surface area contributed by atoms with Crippen LogP contribution < -0.4 is 60.0 Å². The van der Waals surface area contributed by atoms with Gasteiger partial charge in [-0.3, -0.25) is 0 Å². The van der Waals surface area contributed by atoms with Crippen LogP contribution >= 0.6 is 0 Å². The van der Waals surface area contributed by atoms with Crippen LogP contribution in [0.15, 0.2) is 384 Å². The van der Waals surface area contributed by atoms with Crippen LogP contribution in [0.4, 0.5) is 45.5 Å². The molecule has 8 heterocycles. The van der Waals surface area contributed by atoms with E-state index in [4.69, 9.17) is 20.4 Å². The third-order valence-electron chi connectivity index (χ3n) is 20.4. The smallest absolute Gasteiger partial charge is 0.129 e. The molecule has 0 N–H and O–H groups in total. The summed E-state index contributed by atoms with van der Waals surface area (Å²) < 4.78 is 0. The van der Waals surface area contributed by atoms with E-state index in [0.29, 0.717) is 0 Å². The average Bonchev–Trinajstić information content (AvgIpc) is 1.66. The number of benzene rings is 12. The van der Waals surface area contributed by atoms with Gasteiger partial charge in [0, 0.05) is 163 Å². The molecule has 0 spiro atoms. The molecule has 4 aliphatic rings. The fourth-order valence-corrected chi connectivity index (χ4v) is 13.3. The maximum Gasteiger partial charge on any atom is 0.129 e. The summed E-state index contributed by atoms with van der Waals surface area (Å²) in [4.78, 5) is 8.37. The Morgan fingerprint density at radius 1 is 0.235 bits per heavy atom. The predicted octanol–water partition coefficient (Wildman–Crippen LogP) is 23.7. The second-order valence-corrected chi connectivity index (χ2v) is 35.3. The van der Waals surface area contributed by atoms with Crippen molar-refractivity contribution in [3.63, 3.8) is 0 Å². The standard InChI is InChI=1S/4C20H15N3.2C11H19N2.2C5H7N2.4Pt/c4*1-4-10-17(11-5-1)20-21-23(19-14-8-3-9-15-19)16-22(20)18-12-6-2-7-13-18;2*1-10(2,3)8-7-9(13-12-8)11(4,5)6;2*1-4-3-5(2)7-6-4;;;;/h4*1-14,16H;2*7H,1-6H3;2*3H,1-2H3;;;;/q4*-2;4*-1;;;;. The van der Waals surface area contributed by atoms with E-state index in [-0.39, 0.29) is 106 Å². The van der Waals surface area contributed by atoms with Gasteiger partial charge in [0.15, 0.2) is 0 Å². The summed E-state index contributed by atoms with van der Waals surface area (Å²) in [6.07, 6.45) is 0. The van der Waals surface area contributed by atoms with Gasteiger partial charge < -0.3 is 80.4 Å². The maximum absolute atomic E-state index is 4.78. The van der Waals surface area contributed by atoms with Gasteiger partial charge in [0.2, 0.25) is 0 Å². The summed E-state index contributed by atoms with van der Waals surface area (Å²) in [5, 5.41) is 58.4. The molecule has 0 saturated carbocycles. The van der Waals surface area contributed by atoms with E-state index in [0.717, 1.165) is 137 Å². The van der Waals surface area contributed by atoms with Gasteiger partial charge in [0.1, 0.15) is 23.3 Å². The summed E-state index contributed by atoms with van der Waals surface area (Å²) in [6.45, 7) is 41.6. The number of para-hydroxylation sites is 8. The molecule has 4 aliphatic heterocycles. The summed E-state index contributed by atoms with van der Waals surface area (Å²) in [5.74, 6) is 3.59. The molecule has 0 bridgehead atoms. The molecule has 20 rings (SSSR count). The molecule has 0 fully saturated rings.